The summed E-state index contributed by atoms with van der Waals surface area (Å²) in [6, 6.07) is 16.5. The second kappa shape index (κ2) is 5.80. The molecule has 0 bridgehead atoms. The lowest BCUT2D eigenvalue weighted by molar-refractivity contribution is 1.19. The molecule has 114 valence electrons. The Kier molecular flexibility index (Phi) is 3.49. The van der Waals surface area contributed by atoms with Crippen molar-refractivity contribution in [3.05, 3.63) is 77.3 Å². The summed E-state index contributed by atoms with van der Waals surface area (Å²) in [6.45, 7) is 3.80. The normalized spacial score (nSPS) is 10.6. The number of nitrogens with zero attached hydrogens (tertiary/aromatic N) is 3. The minimum absolute atomic E-state index is 0.737. The maximum Gasteiger partial charge on any atom is 0.137 e. The number of pyridine rings is 1. The van der Waals surface area contributed by atoms with Gasteiger partial charge in [-0.1, -0.05) is 30.9 Å². The summed E-state index contributed by atoms with van der Waals surface area (Å²) in [5, 5.41) is 11.2. The number of benzene rings is 1. The number of aromatic nitrogens is 2. The van der Waals surface area contributed by atoms with Crippen molar-refractivity contribution in [2.75, 3.05) is 0 Å². The zero-order valence-electron chi connectivity index (χ0n) is 12.8. The lowest BCUT2D eigenvalue weighted by Gasteiger charge is -2.06. The Morgan fingerprint density at radius 1 is 1.17 bits per heavy atom. The highest BCUT2D eigenvalue weighted by Gasteiger charge is 2.10. The molecule has 3 aromatic heterocycles. The molecule has 0 spiro atoms. The molecule has 0 saturated carbocycles. The van der Waals surface area contributed by atoms with E-state index in [-0.39, 0.29) is 0 Å². The molecule has 4 heteroatoms. The van der Waals surface area contributed by atoms with Crippen molar-refractivity contribution in [3.8, 4) is 28.5 Å². The summed E-state index contributed by atoms with van der Waals surface area (Å²) in [6.07, 6.45) is 5.70. The Morgan fingerprint density at radius 2 is 2.04 bits per heavy atom. The van der Waals surface area contributed by atoms with Gasteiger partial charge in [-0.3, -0.25) is 4.40 Å². The van der Waals surface area contributed by atoms with Gasteiger partial charge in [0.25, 0.3) is 0 Å². The molecule has 0 unspecified atom stereocenters. The van der Waals surface area contributed by atoms with E-state index in [1.54, 1.807) is 0 Å². The zero-order valence-corrected chi connectivity index (χ0v) is 13.6. The van der Waals surface area contributed by atoms with Crippen LogP contribution in [0.1, 0.15) is 10.4 Å². The fraction of sp³-hybridized carbons (Fsp3) is 0. The molecule has 24 heavy (non-hydrogen) atoms. The third kappa shape index (κ3) is 2.32. The predicted octanol–water partition coefficient (Wildman–Crippen LogP) is 5.24. The summed E-state index contributed by atoms with van der Waals surface area (Å²) in [5.74, 6) is 0. The third-order valence-electron chi connectivity index (χ3n) is 4.01. The van der Waals surface area contributed by atoms with E-state index in [1.165, 1.54) is 11.3 Å². The first-order valence-electron chi connectivity index (χ1n) is 7.48. The lowest BCUT2D eigenvalue weighted by atomic mass is 10.0. The van der Waals surface area contributed by atoms with Crippen LogP contribution in [0.15, 0.2) is 66.8 Å². The second-order valence-corrected chi connectivity index (χ2v) is 6.31. The fourth-order valence-corrected chi connectivity index (χ4v) is 3.51. The standard InChI is InChI=1S/C20H13N3S/c1-2-14-6-8-23-18(13-22-20(23)10-14)16-5-3-4-15(11-16)17-7-9-24-19(17)12-21/h2-11,13H,1H2. The molecule has 0 radical (unpaired) electrons. The van der Waals surface area contributed by atoms with Crippen molar-refractivity contribution in [2.24, 2.45) is 0 Å². The van der Waals surface area contributed by atoms with Gasteiger partial charge in [-0.2, -0.15) is 5.26 Å². The number of nitriles is 1. The maximum atomic E-state index is 9.25. The minimum Gasteiger partial charge on any atom is -0.300 e. The molecule has 4 rings (SSSR count). The molecule has 0 aliphatic carbocycles. The highest BCUT2D eigenvalue weighted by Crippen LogP contribution is 2.31. The molecular weight excluding hydrogens is 314 g/mol. The van der Waals surface area contributed by atoms with Gasteiger partial charge in [0.15, 0.2) is 0 Å². The second-order valence-electron chi connectivity index (χ2n) is 5.39. The number of fused-ring (bicyclic) bond motifs is 1. The molecule has 0 aliphatic rings. The maximum absolute atomic E-state index is 9.25. The molecule has 0 amide bonds. The van der Waals surface area contributed by atoms with Crippen LogP contribution in [0.3, 0.4) is 0 Å². The van der Waals surface area contributed by atoms with Crippen molar-refractivity contribution in [1.82, 2.24) is 9.38 Å². The number of imidazole rings is 1. The van der Waals surface area contributed by atoms with Crippen LogP contribution in [0.5, 0.6) is 0 Å². The first kappa shape index (κ1) is 14.4. The van der Waals surface area contributed by atoms with Crippen LogP contribution in [0.25, 0.3) is 34.1 Å². The highest BCUT2D eigenvalue weighted by molar-refractivity contribution is 7.11. The quantitative estimate of drug-likeness (QED) is 0.516. The number of hydrogen-bond donors (Lipinski definition) is 0. The van der Waals surface area contributed by atoms with Crippen LogP contribution in [0.2, 0.25) is 0 Å². The van der Waals surface area contributed by atoms with E-state index in [9.17, 15) is 5.26 Å². The van der Waals surface area contributed by atoms with E-state index in [0.29, 0.717) is 0 Å². The Hall–Kier alpha value is -3.16. The van der Waals surface area contributed by atoms with Crippen LogP contribution < -0.4 is 0 Å². The Balaban J connectivity index is 1.85. The first-order chi connectivity index (χ1) is 11.8. The molecular formula is C20H13N3S. The van der Waals surface area contributed by atoms with Crippen LogP contribution in [-0.2, 0) is 0 Å². The van der Waals surface area contributed by atoms with Gasteiger partial charge in [-0.05, 0) is 40.8 Å². The lowest BCUT2D eigenvalue weighted by Crippen LogP contribution is -1.89. The monoisotopic (exact) mass is 327 g/mol. The van der Waals surface area contributed by atoms with E-state index < -0.39 is 0 Å². The van der Waals surface area contributed by atoms with Crippen LogP contribution in [-0.4, -0.2) is 9.38 Å². The molecule has 0 atom stereocenters. The van der Waals surface area contributed by atoms with E-state index >= 15 is 0 Å². The largest absolute Gasteiger partial charge is 0.300 e. The number of hydrogen-bond acceptors (Lipinski definition) is 3. The Bertz CT molecular complexity index is 1100. The Labute approximate surface area is 143 Å². The fourth-order valence-electron chi connectivity index (χ4n) is 2.81. The summed E-state index contributed by atoms with van der Waals surface area (Å²) in [5.41, 5.74) is 6.05. The molecule has 4 aromatic rings. The van der Waals surface area contributed by atoms with Crippen molar-refractivity contribution < 1.29 is 0 Å². The van der Waals surface area contributed by atoms with Crippen molar-refractivity contribution >= 4 is 23.1 Å². The zero-order chi connectivity index (χ0) is 16.5. The average Bonchev–Trinajstić information content (AvgIpc) is 3.27. The summed E-state index contributed by atoms with van der Waals surface area (Å²) >= 11 is 1.47. The SMILES string of the molecule is C=Cc1ccn2c(-c3cccc(-c4ccsc4C#N)c3)cnc2c1. The Morgan fingerprint density at radius 3 is 2.88 bits per heavy atom. The predicted molar refractivity (Wildman–Crippen MR) is 98.7 cm³/mol. The minimum atomic E-state index is 0.737. The van der Waals surface area contributed by atoms with E-state index in [1.807, 2.05) is 54.2 Å². The van der Waals surface area contributed by atoms with Crippen LogP contribution in [0.4, 0.5) is 0 Å². The average molecular weight is 327 g/mol. The van der Waals surface area contributed by atoms with E-state index in [2.05, 4.69) is 34.2 Å². The summed E-state index contributed by atoms with van der Waals surface area (Å²) in [7, 11) is 0. The molecule has 3 nitrogen and oxygen atoms in total. The van der Waals surface area contributed by atoms with E-state index in [4.69, 9.17) is 0 Å². The van der Waals surface area contributed by atoms with Gasteiger partial charge in [-0.15, -0.1) is 11.3 Å². The summed E-state index contributed by atoms with van der Waals surface area (Å²) < 4.78 is 2.06. The van der Waals surface area contributed by atoms with E-state index in [0.717, 1.165) is 38.5 Å². The molecule has 3 heterocycles. The topological polar surface area (TPSA) is 41.1 Å². The van der Waals surface area contributed by atoms with Gasteiger partial charge >= 0.3 is 0 Å². The molecule has 0 fully saturated rings. The third-order valence-corrected chi connectivity index (χ3v) is 4.83. The van der Waals surface area contributed by atoms with Gasteiger partial charge < -0.3 is 0 Å². The van der Waals surface area contributed by atoms with Gasteiger partial charge in [0.2, 0.25) is 0 Å². The highest BCUT2D eigenvalue weighted by atomic mass is 32.1. The molecule has 0 aliphatic heterocycles. The van der Waals surface area contributed by atoms with Crippen molar-refractivity contribution in [3.63, 3.8) is 0 Å². The summed E-state index contributed by atoms with van der Waals surface area (Å²) in [4.78, 5) is 5.23. The van der Waals surface area contributed by atoms with Crippen LogP contribution >= 0.6 is 11.3 Å². The molecule has 0 saturated heterocycles. The van der Waals surface area contributed by atoms with Crippen LogP contribution in [0, 0.1) is 11.3 Å². The van der Waals surface area contributed by atoms with Crippen molar-refractivity contribution in [1.29, 1.82) is 5.26 Å². The number of thiophene rings is 1. The molecule has 0 N–H and O–H groups in total. The van der Waals surface area contributed by atoms with Gasteiger partial charge in [-0.25, -0.2) is 4.98 Å². The van der Waals surface area contributed by atoms with Gasteiger partial charge in [0.1, 0.15) is 16.6 Å². The van der Waals surface area contributed by atoms with Crippen molar-refractivity contribution in [2.45, 2.75) is 0 Å². The van der Waals surface area contributed by atoms with Gasteiger partial charge in [0.05, 0.1) is 11.9 Å². The molecule has 1 aromatic carbocycles. The number of rotatable bonds is 3. The smallest absolute Gasteiger partial charge is 0.137 e. The first-order valence-corrected chi connectivity index (χ1v) is 8.36. The van der Waals surface area contributed by atoms with Gasteiger partial charge in [0, 0.05) is 17.3 Å².